The fourth-order valence-corrected chi connectivity index (χ4v) is 3.58. The van der Waals surface area contributed by atoms with E-state index in [0.717, 1.165) is 21.9 Å². The topological polar surface area (TPSA) is 13.1 Å². The van der Waals surface area contributed by atoms with Gasteiger partial charge in [-0.1, -0.05) is 78.3 Å². The van der Waals surface area contributed by atoms with E-state index in [4.69, 9.17) is 12.3 Å². The summed E-state index contributed by atoms with van der Waals surface area (Å²) in [5, 5.41) is 2.22. The average molecular weight is 330 g/mol. The van der Waals surface area contributed by atoms with Gasteiger partial charge in [0.25, 0.3) is 0 Å². The van der Waals surface area contributed by atoms with Gasteiger partial charge in [0, 0.05) is 10.8 Å². The second-order valence-electron chi connectivity index (χ2n) is 6.48. The molecule has 0 aliphatic rings. The van der Waals surface area contributed by atoms with Crippen LogP contribution < -0.4 is 5.46 Å². The Labute approximate surface area is 153 Å². The highest BCUT2D eigenvalue weighted by atomic mass is 16.3. The predicted octanol–water partition coefficient (Wildman–Crippen LogP) is 5.71. The third-order valence-electron chi connectivity index (χ3n) is 4.80. The average Bonchev–Trinajstić information content (AvgIpc) is 3.06. The van der Waals surface area contributed by atoms with Crippen LogP contribution in [0.25, 0.3) is 44.2 Å². The smallest absolute Gasteiger partial charge is 0.136 e. The number of fused-ring (bicyclic) bond motifs is 3. The Morgan fingerprint density at radius 3 is 2.23 bits per heavy atom. The summed E-state index contributed by atoms with van der Waals surface area (Å²) in [5.74, 6) is 0. The standard InChI is InChI=1S/C24H15BO/c25-19-12-13-21-23(15-19)26-22-11-5-10-20(24(21)22)18-9-4-8-17(14-18)16-6-2-1-3-7-16/h1-15H. The Balaban J connectivity index is 1.76. The van der Waals surface area contributed by atoms with Gasteiger partial charge in [0.05, 0.1) is 0 Å². The molecular weight excluding hydrogens is 315 g/mol. The normalized spacial score (nSPS) is 11.2. The Morgan fingerprint density at radius 1 is 0.577 bits per heavy atom. The second kappa shape index (κ2) is 5.92. The predicted molar refractivity (Wildman–Crippen MR) is 110 cm³/mol. The van der Waals surface area contributed by atoms with E-state index < -0.39 is 0 Å². The highest BCUT2D eigenvalue weighted by Gasteiger charge is 2.12. The van der Waals surface area contributed by atoms with Crippen LogP contribution in [0.2, 0.25) is 0 Å². The molecule has 2 heteroatoms. The molecular formula is C24H15BO. The van der Waals surface area contributed by atoms with Crippen molar-refractivity contribution in [2.24, 2.45) is 0 Å². The molecule has 0 unspecified atom stereocenters. The molecule has 0 aliphatic carbocycles. The number of hydrogen-bond donors (Lipinski definition) is 0. The van der Waals surface area contributed by atoms with E-state index in [-0.39, 0.29) is 0 Å². The van der Waals surface area contributed by atoms with Gasteiger partial charge in [0.1, 0.15) is 19.0 Å². The molecule has 0 aliphatic heterocycles. The van der Waals surface area contributed by atoms with Crippen molar-refractivity contribution in [2.45, 2.75) is 0 Å². The molecule has 0 bridgehead atoms. The van der Waals surface area contributed by atoms with Crippen molar-refractivity contribution >= 4 is 35.2 Å². The van der Waals surface area contributed by atoms with Crippen LogP contribution >= 0.6 is 0 Å². The SMILES string of the molecule is [B]c1ccc2c(c1)oc1cccc(-c3cccc(-c4ccccc4)c3)c12. The lowest BCUT2D eigenvalue weighted by molar-refractivity contribution is 0.669. The van der Waals surface area contributed by atoms with Gasteiger partial charge in [-0.15, -0.1) is 0 Å². The summed E-state index contributed by atoms with van der Waals surface area (Å²) in [6, 6.07) is 31.1. The first-order valence-electron chi connectivity index (χ1n) is 8.66. The first kappa shape index (κ1) is 15.0. The molecule has 0 atom stereocenters. The Morgan fingerprint density at radius 2 is 1.35 bits per heavy atom. The van der Waals surface area contributed by atoms with E-state index >= 15 is 0 Å². The van der Waals surface area contributed by atoms with Crippen molar-refractivity contribution in [1.29, 1.82) is 0 Å². The van der Waals surface area contributed by atoms with Crippen LogP contribution in [-0.4, -0.2) is 7.85 Å². The highest BCUT2D eigenvalue weighted by Crippen LogP contribution is 2.37. The van der Waals surface area contributed by atoms with Crippen LogP contribution in [0, 0.1) is 0 Å². The summed E-state index contributed by atoms with van der Waals surface area (Å²) in [6.45, 7) is 0. The summed E-state index contributed by atoms with van der Waals surface area (Å²) < 4.78 is 6.03. The van der Waals surface area contributed by atoms with Gasteiger partial charge >= 0.3 is 0 Å². The van der Waals surface area contributed by atoms with Crippen molar-refractivity contribution in [1.82, 2.24) is 0 Å². The molecule has 0 spiro atoms. The molecule has 0 saturated heterocycles. The fraction of sp³-hybridized carbons (Fsp3) is 0. The van der Waals surface area contributed by atoms with Crippen molar-refractivity contribution < 1.29 is 4.42 Å². The number of benzene rings is 4. The van der Waals surface area contributed by atoms with Gasteiger partial charge in [-0.25, -0.2) is 0 Å². The molecule has 5 rings (SSSR count). The van der Waals surface area contributed by atoms with Crippen LogP contribution in [0.3, 0.4) is 0 Å². The van der Waals surface area contributed by atoms with Gasteiger partial charge < -0.3 is 4.42 Å². The molecule has 0 fully saturated rings. The van der Waals surface area contributed by atoms with Crippen LogP contribution in [0.4, 0.5) is 0 Å². The first-order chi connectivity index (χ1) is 12.8. The molecule has 0 saturated carbocycles. The van der Waals surface area contributed by atoms with Gasteiger partial charge in [-0.2, -0.15) is 0 Å². The monoisotopic (exact) mass is 330 g/mol. The Kier molecular flexibility index (Phi) is 3.43. The maximum atomic E-state index is 6.03. The molecule has 1 nitrogen and oxygen atoms in total. The van der Waals surface area contributed by atoms with E-state index in [0.29, 0.717) is 5.46 Å². The number of furan rings is 1. The Hall–Kier alpha value is -3.26. The largest absolute Gasteiger partial charge is 0.456 e. The van der Waals surface area contributed by atoms with Crippen molar-refractivity contribution in [3.8, 4) is 22.3 Å². The molecule has 26 heavy (non-hydrogen) atoms. The van der Waals surface area contributed by atoms with Gasteiger partial charge in [-0.3, -0.25) is 0 Å². The van der Waals surface area contributed by atoms with Gasteiger partial charge in [0.15, 0.2) is 0 Å². The highest BCUT2D eigenvalue weighted by molar-refractivity contribution is 6.33. The molecule has 4 aromatic carbocycles. The number of rotatable bonds is 2. The van der Waals surface area contributed by atoms with E-state index in [1.165, 1.54) is 22.3 Å². The van der Waals surface area contributed by atoms with Crippen LogP contribution in [0.15, 0.2) is 95.4 Å². The second-order valence-corrected chi connectivity index (χ2v) is 6.48. The maximum absolute atomic E-state index is 6.03. The van der Waals surface area contributed by atoms with E-state index in [1.807, 2.05) is 36.4 Å². The summed E-state index contributed by atoms with van der Waals surface area (Å²) in [6.07, 6.45) is 0. The fourth-order valence-electron chi connectivity index (χ4n) is 3.58. The maximum Gasteiger partial charge on any atom is 0.136 e. The molecule has 2 radical (unpaired) electrons. The molecule has 1 aromatic heterocycles. The summed E-state index contributed by atoms with van der Waals surface area (Å²) in [4.78, 5) is 0. The minimum absolute atomic E-state index is 0.712. The van der Waals surface area contributed by atoms with E-state index in [1.54, 1.807) is 0 Å². The third kappa shape index (κ3) is 2.43. The minimum atomic E-state index is 0.712. The van der Waals surface area contributed by atoms with E-state index in [9.17, 15) is 0 Å². The zero-order chi connectivity index (χ0) is 17.5. The summed E-state index contributed by atoms with van der Waals surface area (Å²) in [7, 11) is 5.92. The lowest BCUT2D eigenvalue weighted by Gasteiger charge is -2.07. The lowest BCUT2D eigenvalue weighted by atomic mass is 9.93. The van der Waals surface area contributed by atoms with E-state index in [2.05, 4.69) is 54.6 Å². The molecule has 1 heterocycles. The van der Waals surface area contributed by atoms with Gasteiger partial charge in [-0.05, 0) is 40.5 Å². The molecule has 120 valence electrons. The number of hydrogen-bond acceptors (Lipinski definition) is 1. The first-order valence-corrected chi connectivity index (χ1v) is 8.66. The zero-order valence-corrected chi connectivity index (χ0v) is 14.1. The Bertz CT molecular complexity index is 1240. The van der Waals surface area contributed by atoms with Crippen LogP contribution in [-0.2, 0) is 0 Å². The van der Waals surface area contributed by atoms with Crippen molar-refractivity contribution in [3.63, 3.8) is 0 Å². The van der Waals surface area contributed by atoms with Gasteiger partial charge in [0.2, 0.25) is 0 Å². The van der Waals surface area contributed by atoms with Crippen LogP contribution in [0.5, 0.6) is 0 Å². The molecule has 0 amide bonds. The zero-order valence-electron chi connectivity index (χ0n) is 14.1. The van der Waals surface area contributed by atoms with Crippen molar-refractivity contribution in [3.05, 3.63) is 91.0 Å². The summed E-state index contributed by atoms with van der Waals surface area (Å²) >= 11 is 0. The minimum Gasteiger partial charge on any atom is -0.456 e. The molecule has 0 N–H and O–H groups in total. The van der Waals surface area contributed by atoms with Crippen molar-refractivity contribution in [2.75, 3.05) is 0 Å². The lowest BCUT2D eigenvalue weighted by Crippen LogP contribution is -1.98. The third-order valence-corrected chi connectivity index (χ3v) is 4.80. The quantitative estimate of drug-likeness (QED) is 0.378. The van der Waals surface area contributed by atoms with Crippen LogP contribution in [0.1, 0.15) is 0 Å². The molecule has 5 aromatic rings. The summed E-state index contributed by atoms with van der Waals surface area (Å²) in [5.41, 5.74) is 7.19.